The Morgan fingerprint density at radius 3 is 1.27 bits per heavy atom. The molecule has 6 aliphatic heterocycles. The topological polar surface area (TPSA) is 409 Å². The van der Waals surface area contributed by atoms with E-state index in [2.05, 4.69) is 51.3 Å². The Bertz CT molecular complexity index is 6200. The third-order valence-electron chi connectivity index (χ3n) is 21.5. The number of ether oxygens (including phenoxy) is 4. The van der Waals surface area contributed by atoms with Gasteiger partial charge in [0, 0.05) is 56.8 Å². The minimum absolute atomic E-state index is 0. The van der Waals surface area contributed by atoms with Gasteiger partial charge in [0.05, 0.1) is 158 Å². The predicted molar refractivity (Wildman–Crippen MR) is 471 cm³/mol. The van der Waals surface area contributed by atoms with Crippen molar-refractivity contribution in [2.75, 3.05) is 54.0 Å². The average Bonchev–Trinajstić information content (AvgIpc) is 1.63. The molecule has 0 spiro atoms. The number of aromatic amines is 1. The summed E-state index contributed by atoms with van der Waals surface area (Å²) in [5.74, 6) is -3.02. The molecule has 3 saturated heterocycles. The van der Waals surface area contributed by atoms with Gasteiger partial charge in [-0.15, -0.1) is 0 Å². The molecule has 15 rings (SSSR count). The van der Waals surface area contributed by atoms with Gasteiger partial charge in [-0.25, -0.2) is 66.5 Å². The Morgan fingerprint density at radius 1 is 0.485 bits per heavy atom. The number of aromatic nitrogens is 9. The highest BCUT2D eigenvalue weighted by atomic mass is 35.5. The first-order valence-electron chi connectivity index (χ1n) is 41.6. The van der Waals surface area contributed by atoms with Crippen LogP contribution in [-0.4, -0.2) is 193 Å². The molecule has 0 aliphatic carbocycles. The Morgan fingerprint density at radius 2 is 0.868 bits per heavy atom. The van der Waals surface area contributed by atoms with E-state index >= 15 is 4.39 Å². The van der Waals surface area contributed by atoms with Gasteiger partial charge >= 0.3 is 42.9 Å². The second-order valence-corrected chi connectivity index (χ2v) is 36.5. The van der Waals surface area contributed by atoms with E-state index in [9.17, 15) is 97.6 Å². The quantitative estimate of drug-likeness (QED) is 0.0627. The number of imide groups is 2. The Balaban J connectivity index is 0.000000194. The van der Waals surface area contributed by atoms with Gasteiger partial charge in [-0.1, -0.05) is 44.7 Å². The lowest BCUT2D eigenvalue weighted by Crippen LogP contribution is -2.67. The molecule has 6 aliphatic rings. The molecule has 12 heterocycles. The number of fused-ring (bicyclic) bond motifs is 3. The maximum atomic E-state index is 15.2. The van der Waals surface area contributed by atoms with Gasteiger partial charge in [0.25, 0.3) is 17.7 Å². The Hall–Kier alpha value is -14.1. The maximum Gasteiger partial charge on any atom is 0.417 e. The van der Waals surface area contributed by atoms with E-state index in [1.165, 1.54) is 122 Å². The summed E-state index contributed by atoms with van der Waals surface area (Å²) in [6, 6.07) is 26.5. The van der Waals surface area contributed by atoms with Crippen molar-refractivity contribution in [3.8, 4) is 63.4 Å². The van der Waals surface area contributed by atoms with E-state index < -0.39 is 143 Å². The molecule has 32 nitrogen and oxygen atoms in total. The highest BCUT2D eigenvalue weighted by Gasteiger charge is 2.60. The summed E-state index contributed by atoms with van der Waals surface area (Å²) in [7, 11) is 0. The zero-order valence-corrected chi connectivity index (χ0v) is 74.9. The van der Waals surface area contributed by atoms with Crippen LogP contribution in [0, 0.1) is 51.4 Å². The summed E-state index contributed by atoms with van der Waals surface area (Å²) >= 11 is 6.23. The van der Waals surface area contributed by atoms with Crippen LogP contribution >= 0.6 is 11.6 Å². The van der Waals surface area contributed by atoms with Crippen LogP contribution in [0.5, 0.6) is 0 Å². The van der Waals surface area contributed by atoms with Crippen molar-refractivity contribution >= 4 is 71.1 Å². The zero-order valence-electron chi connectivity index (χ0n) is 74.1. The van der Waals surface area contributed by atoms with Gasteiger partial charge < -0.3 is 55.3 Å². The van der Waals surface area contributed by atoms with Gasteiger partial charge in [0.2, 0.25) is 0 Å². The highest BCUT2D eigenvalue weighted by molar-refractivity contribution is 6.35. The standard InChI is InChI=1S/C33H35F4N7O5.C23H19F4N7O.C19H15ClFN3O3.C14H21F3N4O2.2CH4/c1-30(2,3)48-28(46)40-32(33(35,36)37)12-8-13-42(18-32)24-11-14-44(41-24)23-15-21(25-19(16-38)9-7-10-20(25)34)39-22-17-43(27(45)26(22)23)29(47)49-31(4,5)6;24-14-4-1-3-13(10-28)19(14)15-9-17(20-16(31-15)11-30-21(20)35)34-8-5-18(32-34)33-7-2-6-22(29,12-33)23(25,26)27;1-19(2,3)27-18(26)24-9-14-16(17(24)25)11(20)7-13(23-14)15-10(8-22)5-4-6-12(15)21;1-12(2,3)23-11(22)19-13(14(15,16)17)6-4-8-21(9-13)10-5-7-18-20-10;;/h7,9-11,14-15H,8,12-13,17-18H2,1-6H3,(H,40,46);1,3-5,8-9H,2,6-7,11-12,29H2,(H,30,35);4-7H,9H2,1-3H3;5,7H,4,6,8-9H2,1-3H3,(H,18,20)(H,19,22);2*1H4/t32-;22-;;13-;;/m11.1../s1. The van der Waals surface area contributed by atoms with Gasteiger partial charge in [-0.05, 0) is 176 Å². The molecule has 0 unspecified atom stereocenters. The fourth-order valence-electron chi connectivity index (χ4n) is 15.6. The number of rotatable bonds is 10. The number of anilines is 3. The molecular formula is C91H98ClF12N21O11. The molecule has 3 aromatic carbocycles. The summed E-state index contributed by atoms with van der Waals surface area (Å²) < 4.78 is 193. The van der Waals surface area contributed by atoms with Crippen LogP contribution in [0.4, 0.5) is 89.3 Å². The lowest BCUT2D eigenvalue weighted by atomic mass is 9.88. The first-order chi connectivity index (χ1) is 62.5. The second kappa shape index (κ2) is 39.5. The number of halogens is 13. The van der Waals surface area contributed by atoms with Crippen molar-refractivity contribution in [2.45, 2.75) is 214 Å². The van der Waals surface area contributed by atoms with E-state index in [0.29, 0.717) is 24.6 Å². The van der Waals surface area contributed by atoms with Crippen molar-refractivity contribution in [3.63, 3.8) is 0 Å². The Kier molecular flexibility index (Phi) is 30.2. The van der Waals surface area contributed by atoms with Crippen LogP contribution in [0.3, 0.4) is 0 Å². The molecule has 6 N–H and O–H groups in total. The molecular weight excluding hydrogens is 1830 g/mol. The Labute approximate surface area is 778 Å². The van der Waals surface area contributed by atoms with Gasteiger partial charge in [-0.2, -0.15) is 70.6 Å². The number of amides is 7. The van der Waals surface area contributed by atoms with Crippen molar-refractivity contribution < 1.29 is 105 Å². The molecule has 0 saturated carbocycles. The fraction of sp³-hybridized carbons (Fsp3) is 0.429. The summed E-state index contributed by atoms with van der Waals surface area (Å²) in [6.07, 6.45) is -13.9. The first kappa shape index (κ1) is 104. The molecule has 3 fully saturated rings. The first-order valence-corrected chi connectivity index (χ1v) is 42.0. The summed E-state index contributed by atoms with van der Waals surface area (Å²) in [5.41, 5.74) is -3.91. The fourth-order valence-corrected chi connectivity index (χ4v) is 15.8. The third kappa shape index (κ3) is 22.8. The van der Waals surface area contributed by atoms with E-state index in [4.69, 9.17) is 36.3 Å². The third-order valence-corrected chi connectivity index (χ3v) is 21.8. The maximum absolute atomic E-state index is 15.2. The number of H-pyrrole nitrogens is 1. The lowest BCUT2D eigenvalue weighted by Gasteiger charge is -2.44. The van der Waals surface area contributed by atoms with Crippen LogP contribution < -0.4 is 36.4 Å². The van der Waals surface area contributed by atoms with Crippen LogP contribution in [-0.2, 0) is 38.6 Å². The van der Waals surface area contributed by atoms with Crippen LogP contribution in [0.15, 0.2) is 110 Å². The van der Waals surface area contributed by atoms with Gasteiger partial charge in [0.15, 0.2) is 22.7 Å². The van der Waals surface area contributed by atoms with Crippen LogP contribution in [0.1, 0.15) is 201 Å². The summed E-state index contributed by atoms with van der Waals surface area (Å²) in [6.45, 7) is 18.4. The van der Waals surface area contributed by atoms with E-state index in [1.807, 2.05) is 18.2 Å². The molecule has 7 amide bonds. The molecule has 724 valence electrons. The predicted octanol–water partition coefficient (Wildman–Crippen LogP) is 17.7. The summed E-state index contributed by atoms with van der Waals surface area (Å²) in [5, 5.41) is 50.5. The molecule has 45 heteroatoms. The number of nitrogens with two attached hydrogens (primary N) is 1. The minimum atomic E-state index is -4.85. The number of hydrogen-bond donors (Lipinski definition) is 5. The number of nitriles is 3. The van der Waals surface area contributed by atoms with Crippen molar-refractivity contribution in [1.82, 2.24) is 70.5 Å². The van der Waals surface area contributed by atoms with E-state index in [0.717, 1.165) is 15.9 Å². The van der Waals surface area contributed by atoms with Crippen molar-refractivity contribution in [2.24, 2.45) is 5.73 Å². The van der Waals surface area contributed by atoms with E-state index in [1.54, 1.807) is 89.2 Å². The number of carbonyl (C=O) groups is 7. The second-order valence-electron chi connectivity index (χ2n) is 36.1. The molecule has 9 aromatic rings. The van der Waals surface area contributed by atoms with Gasteiger partial charge in [0.1, 0.15) is 51.2 Å². The summed E-state index contributed by atoms with van der Waals surface area (Å²) in [4.78, 5) is 108. The average molecular weight is 1930 g/mol. The van der Waals surface area contributed by atoms with Gasteiger partial charge in [-0.3, -0.25) is 19.5 Å². The number of piperidine rings is 3. The van der Waals surface area contributed by atoms with E-state index in [-0.39, 0.29) is 180 Å². The monoisotopic (exact) mass is 1920 g/mol. The lowest BCUT2D eigenvalue weighted by molar-refractivity contribution is -0.197. The number of benzene rings is 3. The van der Waals surface area contributed by atoms with Crippen LogP contribution in [0.2, 0.25) is 5.02 Å². The molecule has 3 atom stereocenters. The number of pyridine rings is 3. The SMILES string of the molecule is C.C.CC(C)(C)OC(=O)N1Cc2nc(-c3c(F)cccc3C#N)cc(Cl)c2C1=O.CC(C)(C)OC(=O)N[C@]1(C(F)(F)F)CCCN(c2ccn(-c3cc(-c4c(F)cccc4C#N)nc4c3C(=O)N(C(=O)OC(C)(C)C)C4)n2)C1.CC(C)(C)OC(=O)N[C@]1(C(F)(F)F)CCCN(c2ccn[nH]2)C1.N#Cc1cccc(F)c1-c1cc(-n2ccc(N3CCC[C@](N)(C(F)(F)F)C3)n2)c2c(n1)CNC2=O. The van der Waals surface area contributed by atoms with Crippen molar-refractivity contribution in [1.29, 1.82) is 15.8 Å². The smallest absolute Gasteiger partial charge is 0.417 e. The highest BCUT2D eigenvalue weighted by Crippen LogP contribution is 2.45. The number of alkyl carbamates (subject to hydrolysis) is 2. The number of nitrogens with one attached hydrogen (secondary N) is 4. The number of nitrogens with zero attached hydrogens (tertiary/aromatic N) is 16. The number of carbonyl (C=O) groups excluding carboxylic acids is 7. The molecule has 0 bridgehead atoms. The normalized spacial score (nSPS) is 18.2. The minimum Gasteiger partial charge on any atom is -0.444 e. The van der Waals surface area contributed by atoms with Crippen LogP contribution in [0.25, 0.3) is 45.1 Å². The molecule has 0 radical (unpaired) electrons. The zero-order chi connectivity index (χ0) is 98.3. The van der Waals surface area contributed by atoms with Crippen molar-refractivity contribution in [3.05, 3.63) is 183 Å². The number of hydrogen-bond acceptors (Lipinski definition) is 24. The molecule has 6 aromatic heterocycles. The molecule has 136 heavy (non-hydrogen) atoms. The largest absolute Gasteiger partial charge is 0.444 e. The number of alkyl halides is 9.